The van der Waals surface area contributed by atoms with Gasteiger partial charge in [-0.05, 0) is 54.3 Å². The molecule has 0 aliphatic heterocycles. The van der Waals surface area contributed by atoms with Crippen LogP contribution in [0.3, 0.4) is 0 Å². The van der Waals surface area contributed by atoms with E-state index in [1.165, 1.54) is 24.3 Å². The Morgan fingerprint density at radius 3 is 2.30 bits per heavy atom. The number of nitrogens with one attached hydrogen (secondary N) is 2. The third-order valence-corrected chi connectivity index (χ3v) is 5.05. The minimum Gasteiger partial charge on any atom is -0.349 e. The molecule has 1 saturated carbocycles. The van der Waals surface area contributed by atoms with Crippen LogP contribution in [0, 0.1) is 0 Å². The van der Waals surface area contributed by atoms with E-state index in [1.54, 1.807) is 5.32 Å². The largest absolute Gasteiger partial charge is 0.416 e. The molecule has 0 bridgehead atoms. The standard InChI is InChI=1S/C22H17ClF6N2O2/c23-17-10-12(4-8-16(17)20(33)30-15-6-7-15)5-9-18(32)31-19(22(27,28)29)13-2-1-3-14(11-13)21(24,25)26/h1-5,8-11,15,19H,6-7H2,(H,30,33)(H,31,32)/b9-5-. The quantitative estimate of drug-likeness (QED) is 0.404. The zero-order valence-corrected chi connectivity index (χ0v) is 17.5. The molecule has 0 radical (unpaired) electrons. The second-order valence-corrected chi connectivity index (χ2v) is 7.83. The Labute approximate surface area is 189 Å². The lowest BCUT2D eigenvalue weighted by Crippen LogP contribution is -2.37. The van der Waals surface area contributed by atoms with Gasteiger partial charge in [0.05, 0.1) is 16.1 Å². The summed E-state index contributed by atoms with van der Waals surface area (Å²) in [4.78, 5) is 24.2. The van der Waals surface area contributed by atoms with Crippen LogP contribution in [0.2, 0.25) is 5.02 Å². The van der Waals surface area contributed by atoms with Crippen molar-refractivity contribution in [3.63, 3.8) is 0 Å². The smallest absolute Gasteiger partial charge is 0.349 e. The highest BCUT2D eigenvalue weighted by atomic mass is 35.5. The molecule has 1 fully saturated rings. The molecule has 1 atom stereocenters. The number of rotatable bonds is 6. The number of hydrogen-bond acceptors (Lipinski definition) is 2. The van der Waals surface area contributed by atoms with Gasteiger partial charge in [0.2, 0.25) is 5.91 Å². The van der Waals surface area contributed by atoms with Crippen LogP contribution in [-0.4, -0.2) is 24.0 Å². The highest BCUT2D eigenvalue weighted by Crippen LogP contribution is 2.36. The van der Waals surface area contributed by atoms with Gasteiger partial charge in [-0.15, -0.1) is 0 Å². The summed E-state index contributed by atoms with van der Waals surface area (Å²) in [5.41, 5.74) is -1.47. The van der Waals surface area contributed by atoms with Gasteiger partial charge in [0.25, 0.3) is 5.91 Å². The van der Waals surface area contributed by atoms with Crippen LogP contribution in [0.4, 0.5) is 26.3 Å². The Kier molecular flexibility index (Phi) is 7.06. The van der Waals surface area contributed by atoms with Crippen molar-refractivity contribution in [3.05, 3.63) is 75.8 Å². The molecule has 11 heteroatoms. The van der Waals surface area contributed by atoms with Crippen molar-refractivity contribution in [2.24, 2.45) is 0 Å². The van der Waals surface area contributed by atoms with Gasteiger partial charge in [-0.25, -0.2) is 0 Å². The molecule has 0 saturated heterocycles. The van der Waals surface area contributed by atoms with E-state index in [-0.39, 0.29) is 22.5 Å². The number of alkyl halides is 6. The van der Waals surface area contributed by atoms with Gasteiger partial charge < -0.3 is 10.6 Å². The van der Waals surface area contributed by atoms with Gasteiger partial charge in [0, 0.05) is 12.1 Å². The average Bonchev–Trinajstić information content (AvgIpc) is 3.53. The van der Waals surface area contributed by atoms with E-state index in [1.807, 2.05) is 0 Å². The predicted molar refractivity (Wildman–Crippen MR) is 109 cm³/mol. The number of carbonyl (C=O) groups is 2. The van der Waals surface area contributed by atoms with Gasteiger partial charge >= 0.3 is 12.4 Å². The topological polar surface area (TPSA) is 58.2 Å². The van der Waals surface area contributed by atoms with Crippen molar-refractivity contribution >= 4 is 29.5 Å². The molecule has 176 valence electrons. The summed E-state index contributed by atoms with van der Waals surface area (Å²) >= 11 is 6.08. The predicted octanol–water partition coefficient (Wildman–Crippen LogP) is 5.68. The van der Waals surface area contributed by atoms with Gasteiger partial charge in [-0.1, -0.05) is 29.8 Å². The molecule has 0 heterocycles. The Morgan fingerprint density at radius 1 is 1.03 bits per heavy atom. The minimum absolute atomic E-state index is 0.0906. The summed E-state index contributed by atoms with van der Waals surface area (Å²) in [6.07, 6.45) is -6.13. The van der Waals surface area contributed by atoms with E-state index in [2.05, 4.69) is 5.32 Å². The summed E-state index contributed by atoms with van der Waals surface area (Å²) < 4.78 is 78.9. The number of hydrogen-bond donors (Lipinski definition) is 2. The molecule has 2 amide bonds. The molecule has 1 aliphatic carbocycles. The molecular formula is C22H17ClF6N2O2. The van der Waals surface area contributed by atoms with Crippen molar-refractivity contribution in [2.75, 3.05) is 0 Å². The van der Waals surface area contributed by atoms with Crippen LogP contribution in [0.15, 0.2) is 48.5 Å². The van der Waals surface area contributed by atoms with E-state index < -0.39 is 35.4 Å². The van der Waals surface area contributed by atoms with Gasteiger partial charge in [0.15, 0.2) is 6.04 Å². The van der Waals surface area contributed by atoms with Crippen LogP contribution in [-0.2, 0) is 11.0 Å². The third kappa shape index (κ3) is 6.74. The highest BCUT2D eigenvalue weighted by molar-refractivity contribution is 6.34. The first-order chi connectivity index (χ1) is 15.3. The number of amides is 2. The Bertz CT molecular complexity index is 1080. The number of carbonyl (C=O) groups excluding carboxylic acids is 2. The molecule has 1 aliphatic rings. The van der Waals surface area contributed by atoms with Crippen LogP contribution >= 0.6 is 11.6 Å². The summed E-state index contributed by atoms with van der Waals surface area (Å²) in [5, 5.41) is 4.53. The zero-order valence-electron chi connectivity index (χ0n) is 16.7. The lowest BCUT2D eigenvalue weighted by atomic mass is 10.0. The first-order valence-corrected chi connectivity index (χ1v) is 10.1. The normalized spacial score (nSPS) is 15.4. The van der Waals surface area contributed by atoms with E-state index in [0.717, 1.165) is 31.1 Å². The van der Waals surface area contributed by atoms with Crippen molar-refractivity contribution in [2.45, 2.75) is 37.3 Å². The summed E-state index contributed by atoms with van der Waals surface area (Å²) in [7, 11) is 0. The molecule has 2 aromatic carbocycles. The van der Waals surface area contributed by atoms with Crippen molar-refractivity contribution in [1.82, 2.24) is 10.6 Å². The molecule has 33 heavy (non-hydrogen) atoms. The lowest BCUT2D eigenvalue weighted by Gasteiger charge is -2.22. The van der Waals surface area contributed by atoms with Gasteiger partial charge in [0.1, 0.15) is 0 Å². The van der Waals surface area contributed by atoms with Gasteiger partial charge in [-0.2, -0.15) is 26.3 Å². The van der Waals surface area contributed by atoms with E-state index in [9.17, 15) is 35.9 Å². The fraction of sp³-hybridized carbons (Fsp3) is 0.273. The van der Waals surface area contributed by atoms with Gasteiger partial charge in [-0.3, -0.25) is 9.59 Å². The fourth-order valence-corrected chi connectivity index (χ4v) is 3.20. The second-order valence-electron chi connectivity index (χ2n) is 7.43. The Morgan fingerprint density at radius 2 is 1.73 bits per heavy atom. The minimum atomic E-state index is -5.03. The van der Waals surface area contributed by atoms with Crippen LogP contribution in [0.1, 0.15) is 45.9 Å². The fourth-order valence-electron chi connectivity index (χ4n) is 2.92. The monoisotopic (exact) mass is 490 g/mol. The maximum atomic E-state index is 13.5. The van der Waals surface area contributed by atoms with Crippen LogP contribution in [0.5, 0.6) is 0 Å². The Hall–Kier alpha value is -3.01. The molecule has 3 rings (SSSR count). The molecule has 0 spiro atoms. The maximum Gasteiger partial charge on any atom is 0.416 e. The molecule has 4 nitrogen and oxygen atoms in total. The molecular weight excluding hydrogens is 474 g/mol. The first-order valence-electron chi connectivity index (χ1n) is 9.67. The van der Waals surface area contributed by atoms with E-state index >= 15 is 0 Å². The third-order valence-electron chi connectivity index (χ3n) is 4.74. The molecule has 2 aromatic rings. The molecule has 1 unspecified atom stereocenters. The van der Waals surface area contributed by atoms with Crippen molar-refractivity contribution in [1.29, 1.82) is 0 Å². The van der Waals surface area contributed by atoms with E-state index in [0.29, 0.717) is 17.7 Å². The molecule has 0 aromatic heterocycles. The SMILES string of the molecule is O=C(/C=C\c1ccc(C(=O)NC2CC2)c(Cl)c1)NC(c1cccc(C(F)(F)F)c1)C(F)(F)F. The number of halogens is 7. The Balaban J connectivity index is 1.73. The maximum absolute atomic E-state index is 13.5. The van der Waals surface area contributed by atoms with Crippen molar-refractivity contribution in [3.8, 4) is 0 Å². The lowest BCUT2D eigenvalue weighted by molar-refractivity contribution is -0.162. The summed E-state index contributed by atoms with van der Waals surface area (Å²) in [6.45, 7) is 0. The average molecular weight is 491 g/mol. The van der Waals surface area contributed by atoms with Crippen molar-refractivity contribution < 1.29 is 35.9 Å². The molecule has 2 N–H and O–H groups in total. The summed E-state index contributed by atoms with van der Waals surface area (Å²) in [6, 6.07) is 4.37. The van der Waals surface area contributed by atoms with Crippen LogP contribution in [0.25, 0.3) is 6.08 Å². The second kappa shape index (κ2) is 9.46. The zero-order chi connectivity index (χ0) is 24.4. The van der Waals surface area contributed by atoms with E-state index in [4.69, 9.17) is 11.6 Å². The highest BCUT2D eigenvalue weighted by Gasteiger charge is 2.42. The van der Waals surface area contributed by atoms with Crippen LogP contribution < -0.4 is 10.6 Å². The summed E-state index contributed by atoms with van der Waals surface area (Å²) in [5.74, 6) is -1.54. The first kappa shape index (κ1) is 24.6. The number of benzene rings is 2.